The Morgan fingerprint density at radius 3 is 2.68 bits per heavy atom. The van der Waals surface area contributed by atoms with Crippen LogP contribution in [0.4, 0.5) is 0 Å². The molecule has 2 aromatic carbocycles. The topological polar surface area (TPSA) is 59.2 Å². The molecule has 3 aromatic rings. The van der Waals surface area contributed by atoms with Crippen LogP contribution in [0.1, 0.15) is 42.3 Å². The number of carbonyl (C=O) groups excluding carboxylic acids is 1. The standard InChI is InChI=1S/C23H23N3O2/c1-17-10-13-19(14-11-17)22-24-23(28-25-22)20-9-5-6-16-26(20)21(27)15-12-18-7-3-2-4-8-18/h2-4,7-8,10-15,20H,5-6,9,16H2,1H3/b15-12+. The third-order valence-corrected chi connectivity index (χ3v) is 5.04. The molecule has 0 aliphatic carbocycles. The molecule has 1 aliphatic heterocycles. The van der Waals surface area contributed by atoms with E-state index >= 15 is 0 Å². The van der Waals surface area contributed by atoms with E-state index in [-0.39, 0.29) is 11.9 Å². The number of aromatic nitrogens is 2. The van der Waals surface area contributed by atoms with E-state index in [2.05, 4.69) is 10.1 Å². The molecule has 0 radical (unpaired) electrons. The number of nitrogens with zero attached hydrogens (tertiary/aromatic N) is 3. The minimum atomic E-state index is -0.173. The van der Waals surface area contributed by atoms with E-state index in [1.54, 1.807) is 6.08 Å². The Morgan fingerprint density at radius 1 is 1.11 bits per heavy atom. The summed E-state index contributed by atoms with van der Waals surface area (Å²) in [6.45, 7) is 2.74. The van der Waals surface area contributed by atoms with Crippen molar-refractivity contribution in [2.45, 2.75) is 32.2 Å². The fourth-order valence-corrected chi connectivity index (χ4v) is 3.47. The molecule has 5 heteroatoms. The van der Waals surface area contributed by atoms with E-state index in [1.807, 2.05) is 72.5 Å². The number of aryl methyl sites for hydroxylation is 1. The van der Waals surface area contributed by atoms with Crippen molar-refractivity contribution in [2.24, 2.45) is 0 Å². The molecule has 142 valence electrons. The summed E-state index contributed by atoms with van der Waals surface area (Å²) < 4.78 is 5.55. The first-order chi connectivity index (χ1) is 13.7. The van der Waals surface area contributed by atoms with Crippen LogP contribution in [-0.4, -0.2) is 27.5 Å². The highest BCUT2D eigenvalue weighted by Crippen LogP contribution is 2.31. The van der Waals surface area contributed by atoms with Crippen molar-refractivity contribution in [2.75, 3.05) is 6.54 Å². The first-order valence-electron chi connectivity index (χ1n) is 9.65. The van der Waals surface area contributed by atoms with Crippen LogP contribution in [0.5, 0.6) is 0 Å². The molecule has 0 spiro atoms. The van der Waals surface area contributed by atoms with Crippen LogP contribution in [-0.2, 0) is 4.79 Å². The lowest BCUT2D eigenvalue weighted by Gasteiger charge is -2.32. The normalized spacial score (nSPS) is 17.2. The van der Waals surface area contributed by atoms with Crippen LogP contribution in [0.25, 0.3) is 17.5 Å². The first kappa shape index (κ1) is 18.2. The number of hydrogen-bond acceptors (Lipinski definition) is 4. The molecule has 4 rings (SSSR count). The van der Waals surface area contributed by atoms with E-state index in [0.29, 0.717) is 18.3 Å². The SMILES string of the molecule is Cc1ccc(-c2noc(C3CCCCN3C(=O)/C=C/c3ccccc3)n2)cc1. The van der Waals surface area contributed by atoms with Gasteiger partial charge in [-0.25, -0.2) is 0 Å². The van der Waals surface area contributed by atoms with Gasteiger partial charge in [0.25, 0.3) is 0 Å². The maximum Gasteiger partial charge on any atom is 0.249 e. The number of benzene rings is 2. The molecular weight excluding hydrogens is 350 g/mol. The highest BCUT2D eigenvalue weighted by molar-refractivity contribution is 5.92. The summed E-state index contributed by atoms with van der Waals surface area (Å²) in [7, 11) is 0. The summed E-state index contributed by atoms with van der Waals surface area (Å²) in [5, 5.41) is 4.14. The van der Waals surface area contributed by atoms with E-state index in [1.165, 1.54) is 5.56 Å². The number of piperidine rings is 1. The highest BCUT2D eigenvalue weighted by atomic mass is 16.5. The number of hydrogen-bond donors (Lipinski definition) is 0. The van der Waals surface area contributed by atoms with Crippen LogP contribution in [0.3, 0.4) is 0 Å². The van der Waals surface area contributed by atoms with E-state index < -0.39 is 0 Å². The molecule has 1 saturated heterocycles. The van der Waals surface area contributed by atoms with Crippen molar-refractivity contribution in [3.05, 3.63) is 77.7 Å². The quantitative estimate of drug-likeness (QED) is 0.616. The van der Waals surface area contributed by atoms with Gasteiger partial charge in [0, 0.05) is 18.2 Å². The minimum Gasteiger partial charge on any atom is -0.337 e. The van der Waals surface area contributed by atoms with Gasteiger partial charge in [-0.05, 0) is 37.8 Å². The molecule has 2 heterocycles. The zero-order valence-corrected chi connectivity index (χ0v) is 15.9. The van der Waals surface area contributed by atoms with Crippen molar-refractivity contribution >= 4 is 12.0 Å². The maximum absolute atomic E-state index is 12.8. The van der Waals surface area contributed by atoms with Crippen molar-refractivity contribution in [3.8, 4) is 11.4 Å². The van der Waals surface area contributed by atoms with Gasteiger partial charge in [0.2, 0.25) is 17.6 Å². The molecular formula is C23H23N3O2. The Kier molecular flexibility index (Phi) is 5.33. The largest absolute Gasteiger partial charge is 0.337 e. The zero-order valence-electron chi connectivity index (χ0n) is 15.9. The van der Waals surface area contributed by atoms with Crippen LogP contribution in [0.2, 0.25) is 0 Å². The lowest BCUT2D eigenvalue weighted by atomic mass is 10.0. The number of rotatable bonds is 4. The molecule has 1 amide bonds. The smallest absolute Gasteiger partial charge is 0.249 e. The van der Waals surface area contributed by atoms with Gasteiger partial charge < -0.3 is 9.42 Å². The molecule has 28 heavy (non-hydrogen) atoms. The monoisotopic (exact) mass is 373 g/mol. The third kappa shape index (κ3) is 4.03. The summed E-state index contributed by atoms with van der Waals surface area (Å²) in [6, 6.07) is 17.7. The van der Waals surface area contributed by atoms with Crippen molar-refractivity contribution in [1.82, 2.24) is 15.0 Å². The van der Waals surface area contributed by atoms with Crippen LogP contribution in [0, 0.1) is 6.92 Å². The van der Waals surface area contributed by atoms with Crippen LogP contribution < -0.4 is 0 Å². The number of carbonyl (C=O) groups is 1. The lowest BCUT2D eigenvalue weighted by Crippen LogP contribution is -2.37. The summed E-state index contributed by atoms with van der Waals surface area (Å²) >= 11 is 0. The first-order valence-corrected chi connectivity index (χ1v) is 9.65. The van der Waals surface area contributed by atoms with Crippen molar-refractivity contribution in [3.63, 3.8) is 0 Å². The lowest BCUT2D eigenvalue weighted by molar-refractivity contribution is -0.130. The Morgan fingerprint density at radius 2 is 1.89 bits per heavy atom. The second kappa shape index (κ2) is 8.21. The van der Waals surface area contributed by atoms with Gasteiger partial charge in [-0.1, -0.05) is 65.3 Å². The van der Waals surface area contributed by atoms with Gasteiger partial charge in [0.05, 0.1) is 0 Å². The van der Waals surface area contributed by atoms with Crippen molar-refractivity contribution in [1.29, 1.82) is 0 Å². The maximum atomic E-state index is 12.8. The predicted octanol–water partition coefficient (Wildman–Crippen LogP) is 4.81. The number of likely N-dealkylation sites (tertiary alicyclic amines) is 1. The number of amides is 1. The Balaban J connectivity index is 1.53. The van der Waals surface area contributed by atoms with Gasteiger partial charge in [0.15, 0.2) is 0 Å². The molecule has 0 bridgehead atoms. The molecule has 0 saturated carbocycles. The van der Waals surface area contributed by atoms with Gasteiger partial charge in [-0.15, -0.1) is 0 Å². The Bertz CT molecular complexity index is 961. The third-order valence-electron chi connectivity index (χ3n) is 5.04. The Labute approximate surface area is 164 Å². The van der Waals surface area contributed by atoms with E-state index in [4.69, 9.17) is 4.52 Å². The van der Waals surface area contributed by atoms with Gasteiger partial charge in [0.1, 0.15) is 6.04 Å². The van der Waals surface area contributed by atoms with Crippen LogP contribution in [0.15, 0.2) is 65.2 Å². The van der Waals surface area contributed by atoms with Gasteiger partial charge in [-0.3, -0.25) is 4.79 Å². The van der Waals surface area contributed by atoms with Crippen LogP contribution >= 0.6 is 0 Å². The predicted molar refractivity (Wildman–Crippen MR) is 108 cm³/mol. The van der Waals surface area contributed by atoms with Gasteiger partial charge in [-0.2, -0.15) is 4.98 Å². The second-order valence-corrected chi connectivity index (χ2v) is 7.11. The molecule has 1 unspecified atom stereocenters. The van der Waals surface area contributed by atoms with E-state index in [0.717, 1.165) is 30.4 Å². The summed E-state index contributed by atoms with van der Waals surface area (Å²) in [5.74, 6) is 1.05. The molecule has 0 N–H and O–H groups in total. The summed E-state index contributed by atoms with van der Waals surface area (Å²) in [6.07, 6.45) is 6.34. The molecule has 1 aliphatic rings. The zero-order chi connectivity index (χ0) is 19.3. The van der Waals surface area contributed by atoms with Crippen molar-refractivity contribution < 1.29 is 9.32 Å². The fraction of sp³-hybridized carbons (Fsp3) is 0.261. The van der Waals surface area contributed by atoms with Gasteiger partial charge >= 0.3 is 0 Å². The summed E-state index contributed by atoms with van der Waals surface area (Å²) in [5.41, 5.74) is 3.10. The second-order valence-electron chi connectivity index (χ2n) is 7.11. The Hall–Kier alpha value is -3.21. The fourth-order valence-electron chi connectivity index (χ4n) is 3.47. The average molecular weight is 373 g/mol. The molecule has 1 fully saturated rings. The molecule has 1 atom stereocenters. The molecule has 5 nitrogen and oxygen atoms in total. The molecule has 1 aromatic heterocycles. The highest BCUT2D eigenvalue weighted by Gasteiger charge is 2.31. The minimum absolute atomic E-state index is 0.0244. The summed E-state index contributed by atoms with van der Waals surface area (Å²) in [4.78, 5) is 19.3. The van der Waals surface area contributed by atoms with E-state index in [9.17, 15) is 4.79 Å². The average Bonchev–Trinajstić information content (AvgIpc) is 3.23.